The first-order valence-corrected chi connectivity index (χ1v) is 11.4. The molecule has 0 saturated heterocycles. The van der Waals surface area contributed by atoms with Crippen LogP contribution >= 0.6 is 46.1 Å². The first-order valence-electron chi connectivity index (χ1n) is 9.37. The van der Waals surface area contributed by atoms with E-state index in [2.05, 4.69) is 4.98 Å². The molecule has 0 aliphatic rings. The number of benzene rings is 3. The van der Waals surface area contributed by atoms with Gasteiger partial charge < -0.3 is 9.84 Å². The topological polar surface area (TPSA) is 59.4 Å². The molecule has 0 saturated carbocycles. The highest BCUT2D eigenvalue weighted by Crippen LogP contribution is 2.43. The molecule has 1 aromatic heterocycles. The summed E-state index contributed by atoms with van der Waals surface area (Å²) < 4.78 is 44.8. The minimum absolute atomic E-state index is 0.0186. The molecular weight excluding hydrogens is 534 g/mol. The Kier molecular flexibility index (Phi) is 6.78. The van der Waals surface area contributed by atoms with E-state index in [-0.39, 0.29) is 16.9 Å². The predicted octanol–water partition coefficient (Wildman–Crippen LogP) is 9.18. The van der Waals surface area contributed by atoms with Gasteiger partial charge in [0.15, 0.2) is 0 Å². The van der Waals surface area contributed by atoms with Crippen molar-refractivity contribution in [2.75, 3.05) is 0 Å². The average Bonchev–Trinajstić information content (AvgIpc) is 3.25. The molecule has 0 aliphatic carbocycles. The predicted molar refractivity (Wildman–Crippen MR) is 127 cm³/mol. The summed E-state index contributed by atoms with van der Waals surface area (Å²) in [5.41, 5.74) is 0.872. The van der Waals surface area contributed by atoms with Crippen LogP contribution in [-0.2, 0) is 6.18 Å². The van der Waals surface area contributed by atoms with Crippen molar-refractivity contribution in [3.8, 4) is 38.7 Å². The van der Waals surface area contributed by atoms with Gasteiger partial charge in [-0.15, -0.1) is 11.3 Å². The Morgan fingerprint density at radius 2 is 1.68 bits per heavy atom. The van der Waals surface area contributed by atoms with Crippen LogP contribution in [0.25, 0.3) is 33.0 Å². The average molecular weight is 545 g/mol. The lowest BCUT2D eigenvalue weighted by atomic mass is 10.00. The fourth-order valence-corrected chi connectivity index (χ4v) is 4.67. The maximum absolute atomic E-state index is 13.3. The van der Waals surface area contributed by atoms with Gasteiger partial charge in [-0.2, -0.15) is 13.2 Å². The van der Waals surface area contributed by atoms with Gasteiger partial charge in [0.2, 0.25) is 0 Å². The Morgan fingerprint density at radius 1 is 0.941 bits per heavy atom. The molecule has 0 unspecified atom stereocenters. The fourth-order valence-electron chi connectivity index (χ4n) is 3.21. The number of halogens is 6. The van der Waals surface area contributed by atoms with E-state index in [4.69, 9.17) is 39.5 Å². The Hall–Kier alpha value is -2.78. The minimum Gasteiger partial charge on any atom is -0.449 e. The van der Waals surface area contributed by atoms with Crippen LogP contribution in [0.3, 0.4) is 0 Å². The molecule has 1 heterocycles. The van der Waals surface area contributed by atoms with Gasteiger partial charge in [-0.1, -0.05) is 59.1 Å². The van der Waals surface area contributed by atoms with Crippen LogP contribution in [0.4, 0.5) is 18.0 Å². The summed E-state index contributed by atoms with van der Waals surface area (Å²) in [6, 6.07) is 12.9. The quantitative estimate of drug-likeness (QED) is 0.205. The number of hydrogen-bond donors (Lipinski definition) is 1. The zero-order chi connectivity index (χ0) is 24.6. The number of ether oxygens (including phenoxy) is 1. The molecule has 0 spiro atoms. The number of rotatable bonds is 4. The molecule has 0 amide bonds. The molecule has 0 radical (unpaired) electrons. The van der Waals surface area contributed by atoms with Crippen molar-refractivity contribution in [1.29, 1.82) is 0 Å². The largest absolute Gasteiger partial charge is 0.511 e. The zero-order valence-electron chi connectivity index (χ0n) is 16.7. The molecule has 0 bridgehead atoms. The molecular formula is C23H11Cl3F3NO3S. The number of alkyl halides is 3. The van der Waals surface area contributed by atoms with Gasteiger partial charge in [-0.3, -0.25) is 0 Å². The Morgan fingerprint density at radius 3 is 2.35 bits per heavy atom. The second-order valence-electron chi connectivity index (χ2n) is 6.91. The van der Waals surface area contributed by atoms with E-state index in [0.717, 1.165) is 11.6 Å². The normalized spacial score (nSPS) is 11.5. The van der Waals surface area contributed by atoms with Gasteiger partial charge in [-0.05, 0) is 30.3 Å². The third kappa shape index (κ3) is 5.00. The first kappa shape index (κ1) is 24.3. The van der Waals surface area contributed by atoms with Gasteiger partial charge in [-0.25, -0.2) is 9.78 Å². The summed E-state index contributed by atoms with van der Waals surface area (Å²) in [6.45, 7) is 0. The van der Waals surface area contributed by atoms with Gasteiger partial charge in [0.1, 0.15) is 10.8 Å². The Labute approximate surface area is 210 Å². The fraction of sp³-hybridized carbons (Fsp3) is 0.0435. The van der Waals surface area contributed by atoms with Crippen molar-refractivity contribution >= 4 is 52.3 Å². The van der Waals surface area contributed by atoms with Crippen LogP contribution < -0.4 is 4.74 Å². The number of nitrogens with zero attached hydrogens (tertiary/aromatic N) is 1. The summed E-state index contributed by atoms with van der Waals surface area (Å²) >= 11 is 19.3. The number of aromatic nitrogens is 1. The number of hydrogen-bond acceptors (Lipinski definition) is 4. The second kappa shape index (κ2) is 9.46. The van der Waals surface area contributed by atoms with E-state index in [9.17, 15) is 23.1 Å². The highest BCUT2D eigenvalue weighted by molar-refractivity contribution is 7.13. The second-order valence-corrected chi connectivity index (χ2v) is 8.96. The molecule has 4 nitrogen and oxygen atoms in total. The van der Waals surface area contributed by atoms with E-state index < -0.39 is 22.9 Å². The molecule has 11 heteroatoms. The smallest absolute Gasteiger partial charge is 0.449 e. The highest BCUT2D eigenvalue weighted by Gasteiger charge is 2.34. The van der Waals surface area contributed by atoms with Crippen LogP contribution in [0.15, 0.2) is 60.0 Å². The molecule has 1 N–H and O–H groups in total. The van der Waals surface area contributed by atoms with E-state index in [0.29, 0.717) is 26.3 Å². The minimum atomic E-state index is -4.68. The molecule has 3 aromatic carbocycles. The molecule has 34 heavy (non-hydrogen) atoms. The lowest BCUT2D eigenvalue weighted by Gasteiger charge is -2.15. The maximum Gasteiger partial charge on any atom is 0.511 e. The van der Waals surface area contributed by atoms with E-state index >= 15 is 0 Å². The van der Waals surface area contributed by atoms with Crippen molar-refractivity contribution in [2.24, 2.45) is 0 Å². The summed E-state index contributed by atoms with van der Waals surface area (Å²) in [4.78, 5) is 15.8. The molecule has 0 fully saturated rings. The van der Waals surface area contributed by atoms with Crippen LogP contribution in [0.1, 0.15) is 5.56 Å². The summed E-state index contributed by atoms with van der Waals surface area (Å²) in [5.74, 6) is -0.183. The van der Waals surface area contributed by atoms with Crippen molar-refractivity contribution < 1.29 is 27.8 Å². The molecule has 0 aliphatic heterocycles. The van der Waals surface area contributed by atoms with Gasteiger partial charge >= 0.3 is 12.3 Å². The van der Waals surface area contributed by atoms with E-state index in [1.165, 1.54) is 35.6 Å². The molecule has 4 rings (SSSR count). The van der Waals surface area contributed by atoms with Gasteiger partial charge in [0.25, 0.3) is 0 Å². The van der Waals surface area contributed by atoms with Crippen LogP contribution in [0.2, 0.25) is 15.1 Å². The Bertz CT molecular complexity index is 1410. The monoisotopic (exact) mass is 543 g/mol. The lowest BCUT2D eigenvalue weighted by molar-refractivity contribution is -0.137. The highest BCUT2D eigenvalue weighted by atomic mass is 35.5. The van der Waals surface area contributed by atoms with Gasteiger partial charge in [0.05, 0.1) is 26.3 Å². The maximum atomic E-state index is 13.3. The van der Waals surface area contributed by atoms with Gasteiger partial charge in [0, 0.05) is 27.6 Å². The summed E-state index contributed by atoms with van der Waals surface area (Å²) in [5, 5.41) is 11.7. The Balaban J connectivity index is 1.78. The van der Waals surface area contributed by atoms with Crippen LogP contribution in [-0.4, -0.2) is 16.2 Å². The van der Waals surface area contributed by atoms with E-state index in [1.54, 1.807) is 29.6 Å². The first-order chi connectivity index (χ1) is 16.0. The SMILES string of the molecule is O=C(O)Oc1cc(-c2nc(-c3ccc(Cl)c(Cl)c3)cs2)ccc1-c1cccc(C(F)(F)F)c1Cl. The van der Waals surface area contributed by atoms with Crippen molar-refractivity contribution in [2.45, 2.75) is 6.18 Å². The van der Waals surface area contributed by atoms with Crippen molar-refractivity contribution in [3.63, 3.8) is 0 Å². The molecule has 0 atom stereocenters. The molecule has 4 aromatic rings. The van der Waals surface area contributed by atoms with E-state index in [1.807, 2.05) is 0 Å². The van der Waals surface area contributed by atoms with Crippen molar-refractivity contribution in [3.05, 3.63) is 80.6 Å². The lowest BCUT2D eigenvalue weighted by Crippen LogP contribution is -2.07. The molecule has 174 valence electrons. The zero-order valence-corrected chi connectivity index (χ0v) is 19.7. The number of carboxylic acid groups (broad SMARTS) is 1. The third-order valence-electron chi connectivity index (χ3n) is 4.74. The van der Waals surface area contributed by atoms with Crippen LogP contribution in [0, 0.1) is 0 Å². The third-order valence-corrected chi connectivity index (χ3v) is 6.78. The summed E-state index contributed by atoms with van der Waals surface area (Å²) in [6.07, 6.45) is -6.31. The van der Waals surface area contributed by atoms with Crippen molar-refractivity contribution in [1.82, 2.24) is 4.98 Å². The van der Waals surface area contributed by atoms with Crippen LogP contribution in [0.5, 0.6) is 5.75 Å². The standard InChI is InChI=1S/C23H11Cl3F3NO3S/c24-16-7-5-11(8-17(16)25)18-10-34-21(30-18)12-4-6-13(19(9-12)33-22(31)32)14-2-1-3-15(20(14)26)23(27,28)29/h1-10H,(H,31,32). The number of carbonyl (C=O) groups is 1. The number of thiazole rings is 1. The summed E-state index contributed by atoms with van der Waals surface area (Å²) in [7, 11) is 0.